The minimum absolute atomic E-state index is 0.108. The van der Waals surface area contributed by atoms with Crippen molar-refractivity contribution in [3.05, 3.63) is 53.9 Å². The Hall–Kier alpha value is -1.92. The van der Waals surface area contributed by atoms with E-state index in [2.05, 4.69) is 9.71 Å². The van der Waals surface area contributed by atoms with E-state index in [0.717, 1.165) is 5.69 Å². The fourth-order valence-electron chi connectivity index (χ4n) is 1.68. The Morgan fingerprint density at radius 1 is 1.25 bits per heavy atom. The normalized spacial score (nSPS) is 12.9. The molecule has 0 bridgehead atoms. The quantitative estimate of drug-likeness (QED) is 0.905. The number of aromatic nitrogens is 1. The first-order chi connectivity index (χ1) is 9.38. The molecule has 1 unspecified atom stereocenters. The van der Waals surface area contributed by atoms with Gasteiger partial charge in [0.2, 0.25) is 0 Å². The van der Waals surface area contributed by atoms with E-state index in [1.807, 2.05) is 6.92 Å². The van der Waals surface area contributed by atoms with Crippen molar-refractivity contribution in [2.45, 2.75) is 24.8 Å². The van der Waals surface area contributed by atoms with E-state index in [4.69, 9.17) is 0 Å². The number of benzene rings is 1. The third kappa shape index (κ3) is 3.34. The van der Waals surface area contributed by atoms with Crippen LogP contribution < -0.4 is 4.72 Å². The van der Waals surface area contributed by atoms with Gasteiger partial charge in [-0.2, -0.15) is 0 Å². The van der Waals surface area contributed by atoms with E-state index in [0.29, 0.717) is 11.3 Å². The molecule has 0 aliphatic rings. The zero-order valence-corrected chi connectivity index (χ0v) is 12.1. The summed E-state index contributed by atoms with van der Waals surface area (Å²) >= 11 is 0. The van der Waals surface area contributed by atoms with Crippen molar-refractivity contribution < 1.29 is 13.5 Å². The second kappa shape index (κ2) is 5.60. The van der Waals surface area contributed by atoms with Gasteiger partial charge in [-0.1, -0.05) is 12.1 Å². The van der Waals surface area contributed by atoms with Gasteiger partial charge in [0.05, 0.1) is 22.9 Å². The molecule has 0 saturated carbocycles. The summed E-state index contributed by atoms with van der Waals surface area (Å²) in [6.07, 6.45) is 0.747. The maximum atomic E-state index is 12.2. The molecule has 20 heavy (non-hydrogen) atoms. The Kier molecular flexibility index (Phi) is 4.06. The Bertz CT molecular complexity index is 695. The number of nitrogens with one attached hydrogen (secondary N) is 1. The first-order valence-electron chi connectivity index (χ1n) is 6.12. The topological polar surface area (TPSA) is 79.3 Å². The van der Waals surface area contributed by atoms with Gasteiger partial charge in [-0.25, -0.2) is 8.42 Å². The van der Waals surface area contributed by atoms with Gasteiger partial charge in [0.15, 0.2) is 0 Å². The van der Waals surface area contributed by atoms with Gasteiger partial charge in [0.1, 0.15) is 0 Å². The number of aliphatic hydroxyl groups excluding tert-OH is 1. The van der Waals surface area contributed by atoms with Crippen LogP contribution in [0, 0.1) is 6.92 Å². The van der Waals surface area contributed by atoms with E-state index in [-0.39, 0.29) is 4.90 Å². The van der Waals surface area contributed by atoms with Crippen LogP contribution in [0.4, 0.5) is 5.69 Å². The van der Waals surface area contributed by atoms with E-state index < -0.39 is 16.1 Å². The van der Waals surface area contributed by atoms with Crippen molar-refractivity contribution in [3.63, 3.8) is 0 Å². The third-order valence-electron chi connectivity index (χ3n) is 2.81. The van der Waals surface area contributed by atoms with Crippen molar-refractivity contribution in [1.29, 1.82) is 0 Å². The lowest BCUT2D eigenvalue weighted by Gasteiger charge is -2.10. The lowest BCUT2D eigenvalue weighted by atomic mass is 10.1. The minimum Gasteiger partial charge on any atom is -0.389 e. The zero-order chi connectivity index (χ0) is 14.8. The van der Waals surface area contributed by atoms with Crippen LogP contribution in [0.25, 0.3) is 0 Å². The highest BCUT2D eigenvalue weighted by Crippen LogP contribution is 2.19. The molecule has 106 valence electrons. The number of pyridine rings is 1. The number of hydrogen-bond acceptors (Lipinski definition) is 4. The number of rotatable bonds is 4. The maximum Gasteiger partial charge on any atom is 0.261 e. The lowest BCUT2D eigenvalue weighted by Crippen LogP contribution is -2.13. The number of aliphatic hydroxyl groups is 1. The summed E-state index contributed by atoms with van der Waals surface area (Å²) in [6.45, 7) is 3.41. The second-order valence-corrected chi connectivity index (χ2v) is 6.22. The molecule has 2 aromatic rings. The molecule has 1 atom stereocenters. The summed E-state index contributed by atoms with van der Waals surface area (Å²) in [7, 11) is -3.68. The summed E-state index contributed by atoms with van der Waals surface area (Å²) in [5.41, 5.74) is 1.76. The molecule has 0 aliphatic carbocycles. The van der Waals surface area contributed by atoms with E-state index in [1.54, 1.807) is 31.2 Å². The Morgan fingerprint density at radius 2 is 2.00 bits per heavy atom. The van der Waals surface area contributed by atoms with Crippen LogP contribution in [0.1, 0.15) is 24.3 Å². The van der Waals surface area contributed by atoms with Gasteiger partial charge in [0.25, 0.3) is 10.0 Å². The van der Waals surface area contributed by atoms with Crippen molar-refractivity contribution in [1.82, 2.24) is 4.98 Å². The molecule has 0 spiro atoms. The van der Waals surface area contributed by atoms with Crippen LogP contribution in [0.15, 0.2) is 47.5 Å². The zero-order valence-electron chi connectivity index (χ0n) is 11.2. The van der Waals surface area contributed by atoms with Gasteiger partial charge in [-0.05, 0) is 43.7 Å². The third-order valence-corrected chi connectivity index (χ3v) is 4.19. The summed E-state index contributed by atoms with van der Waals surface area (Å²) in [4.78, 5) is 4.14. The van der Waals surface area contributed by atoms with Gasteiger partial charge >= 0.3 is 0 Å². The first-order valence-corrected chi connectivity index (χ1v) is 7.60. The van der Waals surface area contributed by atoms with Crippen LogP contribution in [-0.2, 0) is 10.0 Å². The Morgan fingerprint density at radius 3 is 2.60 bits per heavy atom. The number of anilines is 1. The molecule has 0 saturated heterocycles. The number of aryl methyl sites for hydroxylation is 1. The molecule has 6 heteroatoms. The predicted molar refractivity (Wildman–Crippen MR) is 76.9 cm³/mol. The van der Waals surface area contributed by atoms with E-state index in [9.17, 15) is 13.5 Å². The number of sulfonamides is 1. The SMILES string of the molecule is Cc1ccc(NS(=O)(=O)c2cccc(C(C)O)c2)cn1. The van der Waals surface area contributed by atoms with E-state index in [1.165, 1.54) is 18.3 Å². The summed E-state index contributed by atoms with van der Waals surface area (Å²) in [6, 6.07) is 9.59. The highest BCUT2D eigenvalue weighted by Gasteiger charge is 2.15. The monoisotopic (exact) mass is 292 g/mol. The maximum absolute atomic E-state index is 12.2. The molecule has 0 amide bonds. The summed E-state index contributed by atoms with van der Waals surface area (Å²) in [5.74, 6) is 0. The molecular weight excluding hydrogens is 276 g/mol. The molecule has 0 radical (unpaired) electrons. The Balaban J connectivity index is 2.30. The lowest BCUT2D eigenvalue weighted by molar-refractivity contribution is 0.199. The molecule has 2 rings (SSSR count). The van der Waals surface area contributed by atoms with Crippen molar-refractivity contribution in [3.8, 4) is 0 Å². The van der Waals surface area contributed by atoms with Gasteiger partial charge < -0.3 is 5.11 Å². The molecule has 1 aromatic carbocycles. The van der Waals surface area contributed by atoms with Crippen molar-refractivity contribution >= 4 is 15.7 Å². The fourth-order valence-corrected chi connectivity index (χ4v) is 2.78. The number of nitrogens with zero attached hydrogens (tertiary/aromatic N) is 1. The number of hydrogen-bond donors (Lipinski definition) is 2. The minimum atomic E-state index is -3.68. The standard InChI is InChI=1S/C14H16N2O3S/c1-10-6-7-13(9-15-10)16-20(18,19)14-5-3-4-12(8-14)11(2)17/h3-9,11,16-17H,1-2H3. The Labute approximate surface area is 118 Å². The van der Waals surface area contributed by atoms with Gasteiger partial charge in [-0.15, -0.1) is 0 Å². The summed E-state index contributed by atoms with van der Waals surface area (Å²) < 4.78 is 26.9. The molecule has 0 fully saturated rings. The molecule has 1 aromatic heterocycles. The summed E-state index contributed by atoms with van der Waals surface area (Å²) in [5, 5.41) is 9.51. The van der Waals surface area contributed by atoms with Crippen LogP contribution in [0.2, 0.25) is 0 Å². The average Bonchev–Trinajstić information content (AvgIpc) is 2.41. The van der Waals surface area contributed by atoms with Crippen LogP contribution in [0.3, 0.4) is 0 Å². The predicted octanol–water partition coefficient (Wildman–Crippen LogP) is 2.24. The largest absolute Gasteiger partial charge is 0.389 e. The molecule has 1 heterocycles. The fraction of sp³-hybridized carbons (Fsp3) is 0.214. The highest BCUT2D eigenvalue weighted by atomic mass is 32.2. The molecule has 5 nitrogen and oxygen atoms in total. The second-order valence-electron chi connectivity index (χ2n) is 4.54. The van der Waals surface area contributed by atoms with Gasteiger partial charge in [-0.3, -0.25) is 9.71 Å². The van der Waals surface area contributed by atoms with Crippen molar-refractivity contribution in [2.24, 2.45) is 0 Å². The van der Waals surface area contributed by atoms with Gasteiger partial charge in [0, 0.05) is 5.69 Å². The van der Waals surface area contributed by atoms with Crippen molar-refractivity contribution in [2.75, 3.05) is 4.72 Å². The molecule has 0 aliphatic heterocycles. The van der Waals surface area contributed by atoms with Crippen LogP contribution >= 0.6 is 0 Å². The van der Waals surface area contributed by atoms with E-state index >= 15 is 0 Å². The van der Waals surface area contributed by atoms with Crippen LogP contribution in [-0.4, -0.2) is 18.5 Å². The smallest absolute Gasteiger partial charge is 0.261 e. The highest BCUT2D eigenvalue weighted by molar-refractivity contribution is 7.92. The molecule has 2 N–H and O–H groups in total. The first kappa shape index (κ1) is 14.5. The average molecular weight is 292 g/mol. The van der Waals surface area contributed by atoms with Crippen LogP contribution in [0.5, 0.6) is 0 Å². The molecular formula is C14H16N2O3S.